The summed E-state index contributed by atoms with van der Waals surface area (Å²) in [5.41, 5.74) is 3.74. The van der Waals surface area contributed by atoms with Crippen molar-refractivity contribution in [2.75, 3.05) is 42.3 Å². The van der Waals surface area contributed by atoms with E-state index in [4.69, 9.17) is 13.6 Å². The van der Waals surface area contributed by atoms with Gasteiger partial charge in [0.25, 0.3) is 0 Å². The van der Waals surface area contributed by atoms with Gasteiger partial charge in [-0.05, 0) is 72.8 Å². The van der Waals surface area contributed by atoms with Crippen LogP contribution in [0.5, 0.6) is 17.2 Å². The Kier molecular flexibility index (Phi) is 15.1. The van der Waals surface area contributed by atoms with Crippen molar-refractivity contribution in [2.45, 2.75) is 0 Å². The first-order valence-corrected chi connectivity index (χ1v) is 25.8. The summed E-state index contributed by atoms with van der Waals surface area (Å²) in [6.45, 7) is 0. The van der Waals surface area contributed by atoms with Gasteiger partial charge in [-0.3, -0.25) is 0 Å². The number of aromatic nitrogens is 3. The van der Waals surface area contributed by atoms with Crippen LogP contribution in [0.4, 0.5) is 0 Å². The van der Waals surface area contributed by atoms with Crippen LogP contribution in [0.3, 0.4) is 0 Å². The molecular weight excluding hydrogens is 940 g/mol. The number of hydrogen-bond donors (Lipinski definition) is 0. The van der Waals surface area contributed by atoms with Crippen molar-refractivity contribution in [1.82, 2.24) is 42.4 Å². The van der Waals surface area contributed by atoms with E-state index in [9.17, 15) is 13.7 Å². The molecule has 24 heteroatoms. The first kappa shape index (κ1) is 49.3. The summed E-state index contributed by atoms with van der Waals surface area (Å²) in [6.07, 6.45) is 9.21. The van der Waals surface area contributed by atoms with E-state index in [1.54, 1.807) is 123 Å². The first-order chi connectivity index (χ1) is 33.0. The minimum absolute atomic E-state index is 0.341. The summed E-state index contributed by atoms with van der Waals surface area (Å²) in [7, 11) is 2.50. The highest BCUT2D eigenvalue weighted by Crippen LogP contribution is 2.55. The van der Waals surface area contributed by atoms with E-state index in [1.807, 2.05) is 39.3 Å². The molecule has 7 rings (SSSR count). The van der Waals surface area contributed by atoms with Crippen LogP contribution in [-0.4, -0.2) is 122 Å². The molecule has 0 aliphatic carbocycles. The Morgan fingerprint density at radius 2 is 0.464 bits per heavy atom. The molecule has 0 atom stereocenters. The van der Waals surface area contributed by atoms with Gasteiger partial charge >= 0.3 is 23.0 Å². The summed E-state index contributed by atoms with van der Waals surface area (Å²) in [4.78, 5) is 0. The lowest BCUT2D eigenvalue weighted by Gasteiger charge is -2.30. The molecule has 1 aliphatic heterocycles. The molecule has 0 saturated carbocycles. The topological polar surface area (TPSA) is 187 Å². The molecular formula is C45H54N15O6P3. The van der Waals surface area contributed by atoms with Crippen molar-refractivity contribution < 1.29 is 27.3 Å². The Morgan fingerprint density at radius 3 is 0.638 bits per heavy atom. The predicted octanol–water partition coefficient (Wildman–Crippen LogP) is 8.27. The Bertz CT molecular complexity index is 2600. The van der Waals surface area contributed by atoms with Crippen LogP contribution in [-0.2, 0) is 34.8 Å². The molecule has 0 saturated heterocycles. The maximum absolute atomic E-state index is 14.9. The Hall–Kier alpha value is -7.59. The molecule has 0 N–H and O–H groups in total. The van der Waals surface area contributed by atoms with Crippen LogP contribution >= 0.6 is 23.0 Å². The van der Waals surface area contributed by atoms with Gasteiger partial charge in [0.05, 0.1) is 71.5 Å². The molecule has 6 aromatic rings. The average molecular weight is 994 g/mol. The van der Waals surface area contributed by atoms with Crippen molar-refractivity contribution in [2.24, 2.45) is 51.8 Å². The van der Waals surface area contributed by atoms with Gasteiger partial charge in [0.1, 0.15) is 17.2 Å². The van der Waals surface area contributed by atoms with Crippen molar-refractivity contribution in [3.63, 3.8) is 0 Å². The molecule has 21 nitrogen and oxygen atoms in total. The number of hydrogen-bond acceptors (Lipinski definition) is 12. The highest BCUT2D eigenvalue weighted by atomic mass is 31.2. The van der Waals surface area contributed by atoms with E-state index in [0.717, 1.165) is 0 Å². The van der Waals surface area contributed by atoms with Crippen LogP contribution in [0.1, 0.15) is 34.2 Å². The van der Waals surface area contributed by atoms with E-state index < -0.39 is 23.0 Å². The fourth-order valence-corrected chi connectivity index (χ4v) is 10.5. The molecule has 4 heterocycles. The Balaban J connectivity index is 1.29. The van der Waals surface area contributed by atoms with Gasteiger partial charge in [-0.25, -0.2) is 13.7 Å². The van der Waals surface area contributed by atoms with Crippen LogP contribution in [0.15, 0.2) is 158 Å². The minimum Gasteiger partial charge on any atom is -0.412 e. The molecule has 69 heavy (non-hydrogen) atoms. The van der Waals surface area contributed by atoms with E-state index in [2.05, 4.69) is 30.6 Å². The maximum atomic E-state index is 14.9. The molecule has 0 fully saturated rings. The monoisotopic (exact) mass is 993 g/mol. The summed E-state index contributed by atoms with van der Waals surface area (Å²) < 4.78 is 76.0. The van der Waals surface area contributed by atoms with Crippen LogP contribution in [0.2, 0.25) is 0 Å². The second kappa shape index (κ2) is 21.1. The first-order valence-electron chi connectivity index (χ1n) is 21.2. The molecule has 0 amide bonds. The predicted molar refractivity (Wildman–Crippen MR) is 272 cm³/mol. The normalized spacial score (nSPS) is 23.4. The van der Waals surface area contributed by atoms with E-state index >= 15 is 0 Å². The SMILES string of the molecule is CN1/N=C\c2ccc(n2C)/C=N\N(C)P(=O)(Oc2ccccc2)N(C)/N=C\c2ccc(n2C)/C=N\N(C)P(=O)(Oc2ccccc2)N(C)/N=C\c2ccc(n2C)/C=N\N(C)P1(=O)Oc1ccccc1. The summed E-state index contributed by atoms with van der Waals surface area (Å²) in [6, 6.07) is 37.1. The van der Waals surface area contributed by atoms with Crippen molar-refractivity contribution in [1.29, 1.82) is 0 Å². The van der Waals surface area contributed by atoms with Crippen LogP contribution < -0.4 is 13.6 Å². The molecule has 6 bridgehead atoms. The third-order valence-corrected chi connectivity index (χ3v) is 17.2. The van der Waals surface area contributed by atoms with Crippen molar-refractivity contribution >= 4 is 60.3 Å². The number of benzene rings is 3. The highest BCUT2D eigenvalue weighted by Gasteiger charge is 2.38. The largest absolute Gasteiger partial charge is 0.479 e. The second-order valence-corrected chi connectivity index (χ2v) is 22.3. The molecule has 0 spiro atoms. The van der Waals surface area contributed by atoms with E-state index in [-0.39, 0.29) is 0 Å². The molecule has 0 radical (unpaired) electrons. The van der Waals surface area contributed by atoms with Gasteiger partial charge in [-0.1, -0.05) is 54.6 Å². The number of nitrogens with zero attached hydrogens (tertiary/aromatic N) is 15. The molecule has 360 valence electrons. The average Bonchev–Trinajstić information content (AvgIpc) is 4.02. The maximum Gasteiger partial charge on any atom is 0.479 e. The molecule has 0 unspecified atom stereocenters. The van der Waals surface area contributed by atoms with Crippen LogP contribution in [0, 0.1) is 0 Å². The number of hydrazone groups is 6. The van der Waals surface area contributed by atoms with Gasteiger partial charge in [0.15, 0.2) is 0 Å². The lowest BCUT2D eigenvalue weighted by Crippen LogP contribution is -2.24. The zero-order valence-corrected chi connectivity index (χ0v) is 42.3. The van der Waals surface area contributed by atoms with Crippen LogP contribution in [0.25, 0.3) is 0 Å². The summed E-state index contributed by atoms with van der Waals surface area (Å²) in [5.74, 6) is 1.02. The van der Waals surface area contributed by atoms with Gasteiger partial charge in [0.2, 0.25) is 0 Å². The lowest BCUT2D eigenvalue weighted by atomic mass is 10.3. The Labute approximate surface area is 401 Å². The third kappa shape index (κ3) is 11.1. The van der Waals surface area contributed by atoms with Gasteiger partial charge in [-0.2, -0.15) is 59.3 Å². The number of fused-ring (bicyclic) bond motifs is 6. The summed E-state index contributed by atoms with van der Waals surface area (Å²) >= 11 is 0. The molecule has 1 aliphatic rings. The summed E-state index contributed by atoms with van der Waals surface area (Å²) in [5, 5.41) is 27.4. The van der Waals surface area contributed by atoms with E-state index in [1.165, 1.54) is 108 Å². The zero-order valence-electron chi connectivity index (χ0n) is 39.6. The standard InChI is InChI=1S/C45H54N15O6P3/c1-52-37-25-26-38(52)32-47-56(5)68(62,65-44-21-15-11-16-22-44)58(7)49-34-40-28-30-42(54(40)3)36-51-60(9)69(63,66-45-23-17-12-18-24-45)59(8)50-35-41-29-27-39(53(41)2)33-48-57(6)67(61,55(4)46-31-37)64-43-19-13-10-14-20-43/h10-36H,1-9H3/b46-31-,47-32-,48-33-,49-34-,50-35-,51-36-. The number of para-hydroxylation sites is 3. The van der Waals surface area contributed by atoms with Crippen molar-refractivity contribution in [3.8, 4) is 17.2 Å². The fraction of sp³-hybridized carbons (Fsp3) is 0.200. The fourth-order valence-electron chi connectivity index (χ4n) is 6.43. The lowest BCUT2D eigenvalue weighted by molar-refractivity contribution is 0.324. The van der Waals surface area contributed by atoms with Gasteiger partial charge in [0, 0.05) is 63.4 Å². The molecule has 3 aromatic carbocycles. The third-order valence-electron chi connectivity index (χ3n) is 10.8. The Morgan fingerprint density at radius 1 is 0.290 bits per heavy atom. The smallest absolute Gasteiger partial charge is 0.412 e. The van der Waals surface area contributed by atoms with Gasteiger partial charge < -0.3 is 27.3 Å². The number of rotatable bonds is 6. The van der Waals surface area contributed by atoms with E-state index in [0.29, 0.717) is 51.4 Å². The molecule has 3 aromatic heterocycles. The van der Waals surface area contributed by atoms with Gasteiger partial charge in [-0.15, -0.1) is 0 Å². The highest BCUT2D eigenvalue weighted by molar-refractivity contribution is 7.54. The van der Waals surface area contributed by atoms with Crippen molar-refractivity contribution in [3.05, 3.63) is 162 Å². The quantitative estimate of drug-likeness (QED) is 0.146. The zero-order chi connectivity index (χ0) is 49.3. The second-order valence-electron chi connectivity index (χ2n) is 15.3. The minimum atomic E-state index is -4.04.